The summed E-state index contributed by atoms with van der Waals surface area (Å²) in [5.74, 6) is 1.02. The highest BCUT2D eigenvalue weighted by Crippen LogP contribution is 2.46. The molecule has 0 bridgehead atoms. The lowest BCUT2D eigenvalue weighted by Crippen LogP contribution is -2.61. The Balaban J connectivity index is 1.78. The fourth-order valence-corrected chi connectivity index (χ4v) is 6.01. The van der Waals surface area contributed by atoms with E-state index in [0.29, 0.717) is 19.5 Å². The third kappa shape index (κ3) is 3.91. The Hall–Kier alpha value is -0.310. The van der Waals surface area contributed by atoms with Crippen molar-refractivity contribution < 1.29 is 17.9 Å². The molecule has 2 fully saturated rings. The number of amides is 1. The van der Waals surface area contributed by atoms with Gasteiger partial charge in [-0.05, 0) is 12.8 Å². The van der Waals surface area contributed by atoms with Gasteiger partial charge in [-0.1, -0.05) is 6.92 Å². The Morgan fingerprint density at radius 3 is 2.67 bits per heavy atom. The predicted octanol–water partition coefficient (Wildman–Crippen LogP) is 0.391. The van der Waals surface area contributed by atoms with E-state index in [1.165, 1.54) is 4.90 Å². The number of carbonyl (C=O) groups is 1. The van der Waals surface area contributed by atoms with E-state index >= 15 is 0 Å². The molecule has 0 aromatic carbocycles. The summed E-state index contributed by atoms with van der Waals surface area (Å²) in [6, 6.07) is 0. The molecule has 6 nitrogen and oxygen atoms in total. The van der Waals surface area contributed by atoms with Crippen LogP contribution in [0.1, 0.15) is 19.8 Å². The highest BCUT2D eigenvalue weighted by Gasteiger charge is 2.52. The maximum Gasteiger partial charge on any atom is 0.248 e. The molecule has 0 unspecified atom stereocenters. The van der Waals surface area contributed by atoms with Crippen molar-refractivity contribution in [3.05, 3.63) is 0 Å². The summed E-state index contributed by atoms with van der Waals surface area (Å²) in [5.41, 5.74) is 0. The number of thioether (sulfide) groups is 1. The summed E-state index contributed by atoms with van der Waals surface area (Å²) in [6.45, 7) is 3.15. The lowest BCUT2D eigenvalue weighted by molar-refractivity contribution is -0.135. The zero-order valence-corrected chi connectivity index (χ0v) is 14.5. The molecule has 1 atom stereocenters. The van der Waals surface area contributed by atoms with Gasteiger partial charge in [0.25, 0.3) is 0 Å². The van der Waals surface area contributed by atoms with Crippen molar-refractivity contribution in [2.75, 3.05) is 45.3 Å². The molecule has 2 heterocycles. The standard InChI is InChI=1S/C13H24N2O4S2/c1-4-5-21(17,18)15-9-13(10-15)6-11(8-20-13)19-7-12(16)14(2)3/h11H,4-10H2,1-3H3/t11-/m1/s1. The molecule has 2 aliphatic heterocycles. The van der Waals surface area contributed by atoms with Crippen LogP contribution in [0.5, 0.6) is 0 Å². The van der Waals surface area contributed by atoms with Gasteiger partial charge in [-0.2, -0.15) is 4.31 Å². The van der Waals surface area contributed by atoms with Crippen LogP contribution in [0.3, 0.4) is 0 Å². The zero-order valence-electron chi connectivity index (χ0n) is 12.9. The van der Waals surface area contributed by atoms with Gasteiger partial charge < -0.3 is 9.64 Å². The van der Waals surface area contributed by atoms with Crippen molar-refractivity contribution in [2.24, 2.45) is 0 Å². The van der Waals surface area contributed by atoms with E-state index in [1.54, 1.807) is 30.2 Å². The second kappa shape index (κ2) is 6.44. The van der Waals surface area contributed by atoms with Crippen molar-refractivity contribution in [3.8, 4) is 0 Å². The molecule has 122 valence electrons. The Bertz CT molecular complexity index is 486. The monoisotopic (exact) mass is 336 g/mol. The number of likely N-dealkylation sites (N-methyl/N-ethyl adjacent to an activating group) is 1. The summed E-state index contributed by atoms with van der Waals surface area (Å²) >= 11 is 1.78. The first kappa shape index (κ1) is 17.1. The Morgan fingerprint density at radius 2 is 2.10 bits per heavy atom. The molecular formula is C13H24N2O4S2. The topological polar surface area (TPSA) is 66.9 Å². The van der Waals surface area contributed by atoms with E-state index in [0.717, 1.165) is 12.2 Å². The SMILES string of the molecule is CCCS(=O)(=O)N1CC2(C[C@@H](OCC(=O)N(C)C)CS2)C1. The largest absolute Gasteiger partial charge is 0.367 e. The van der Waals surface area contributed by atoms with Gasteiger partial charge in [0.05, 0.1) is 11.9 Å². The Kier molecular flexibility index (Phi) is 5.23. The van der Waals surface area contributed by atoms with Crippen LogP contribution in [0.25, 0.3) is 0 Å². The fourth-order valence-electron chi connectivity index (χ4n) is 2.63. The van der Waals surface area contributed by atoms with Gasteiger partial charge >= 0.3 is 0 Å². The highest BCUT2D eigenvalue weighted by molar-refractivity contribution is 8.01. The van der Waals surface area contributed by atoms with Crippen LogP contribution in [-0.4, -0.2) is 79.7 Å². The summed E-state index contributed by atoms with van der Waals surface area (Å²) in [5, 5.41) is 0. The van der Waals surface area contributed by atoms with Crippen LogP contribution in [0.4, 0.5) is 0 Å². The molecule has 1 spiro atoms. The Labute approximate surface area is 131 Å². The first-order valence-corrected chi connectivity index (χ1v) is 9.81. The average molecular weight is 336 g/mol. The minimum atomic E-state index is -3.07. The molecule has 0 saturated carbocycles. The zero-order chi connectivity index (χ0) is 15.7. The lowest BCUT2D eigenvalue weighted by Gasteiger charge is -2.46. The van der Waals surface area contributed by atoms with Crippen molar-refractivity contribution in [1.29, 1.82) is 0 Å². The minimum Gasteiger partial charge on any atom is -0.367 e. The molecule has 0 aromatic rings. The van der Waals surface area contributed by atoms with Crippen LogP contribution in [0.15, 0.2) is 0 Å². The third-order valence-electron chi connectivity index (χ3n) is 3.90. The van der Waals surface area contributed by atoms with E-state index in [2.05, 4.69) is 0 Å². The summed E-state index contributed by atoms with van der Waals surface area (Å²) in [4.78, 5) is 13.0. The predicted molar refractivity (Wildman–Crippen MR) is 83.9 cm³/mol. The molecule has 2 rings (SSSR count). The minimum absolute atomic E-state index is 0.00659. The van der Waals surface area contributed by atoms with Crippen LogP contribution in [0, 0.1) is 0 Å². The van der Waals surface area contributed by atoms with Crippen molar-refractivity contribution in [3.63, 3.8) is 0 Å². The Morgan fingerprint density at radius 1 is 1.43 bits per heavy atom. The highest BCUT2D eigenvalue weighted by atomic mass is 32.2. The molecule has 1 amide bonds. The third-order valence-corrected chi connectivity index (χ3v) is 7.45. The van der Waals surface area contributed by atoms with E-state index in [1.807, 2.05) is 6.92 Å². The molecule has 8 heteroatoms. The molecule has 0 aromatic heterocycles. The van der Waals surface area contributed by atoms with Crippen LogP contribution < -0.4 is 0 Å². The first-order chi connectivity index (χ1) is 9.78. The van der Waals surface area contributed by atoms with Crippen molar-refractivity contribution >= 4 is 27.7 Å². The van der Waals surface area contributed by atoms with Gasteiger partial charge in [0.2, 0.25) is 15.9 Å². The molecular weight excluding hydrogens is 312 g/mol. The maximum atomic E-state index is 12.0. The number of hydrogen-bond acceptors (Lipinski definition) is 5. The molecule has 0 N–H and O–H groups in total. The molecule has 0 aliphatic carbocycles. The normalized spacial score (nSPS) is 25.0. The maximum absolute atomic E-state index is 12.0. The molecule has 21 heavy (non-hydrogen) atoms. The van der Waals surface area contributed by atoms with Crippen LogP contribution in [-0.2, 0) is 19.6 Å². The van der Waals surface area contributed by atoms with E-state index in [9.17, 15) is 13.2 Å². The van der Waals surface area contributed by atoms with E-state index in [-0.39, 0.29) is 29.1 Å². The fraction of sp³-hybridized carbons (Fsp3) is 0.923. The van der Waals surface area contributed by atoms with Crippen LogP contribution in [0.2, 0.25) is 0 Å². The molecule has 0 radical (unpaired) electrons. The number of ether oxygens (including phenoxy) is 1. The number of rotatable bonds is 6. The van der Waals surface area contributed by atoms with Crippen molar-refractivity contribution in [1.82, 2.24) is 9.21 Å². The second-order valence-electron chi connectivity index (χ2n) is 6.00. The van der Waals surface area contributed by atoms with Gasteiger partial charge in [0, 0.05) is 37.7 Å². The van der Waals surface area contributed by atoms with Gasteiger partial charge in [-0.25, -0.2) is 8.42 Å². The first-order valence-electron chi connectivity index (χ1n) is 7.21. The molecule has 2 saturated heterocycles. The quantitative estimate of drug-likeness (QED) is 0.702. The summed E-state index contributed by atoms with van der Waals surface area (Å²) < 4.78 is 31.2. The van der Waals surface area contributed by atoms with E-state index < -0.39 is 10.0 Å². The van der Waals surface area contributed by atoms with E-state index in [4.69, 9.17) is 4.74 Å². The smallest absolute Gasteiger partial charge is 0.248 e. The number of hydrogen-bond donors (Lipinski definition) is 0. The van der Waals surface area contributed by atoms with Gasteiger partial charge in [-0.3, -0.25) is 4.79 Å². The van der Waals surface area contributed by atoms with Gasteiger partial charge in [-0.15, -0.1) is 11.8 Å². The average Bonchev–Trinajstić information content (AvgIpc) is 2.78. The lowest BCUT2D eigenvalue weighted by atomic mass is 9.95. The summed E-state index contributed by atoms with van der Waals surface area (Å²) in [6.07, 6.45) is 1.53. The molecule has 2 aliphatic rings. The second-order valence-corrected chi connectivity index (χ2v) is 9.58. The number of nitrogens with zero attached hydrogens (tertiary/aromatic N) is 2. The number of sulfonamides is 1. The van der Waals surface area contributed by atoms with Crippen LogP contribution >= 0.6 is 11.8 Å². The van der Waals surface area contributed by atoms with Gasteiger partial charge in [0.15, 0.2) is 0 Å². The number of carbonyl (C=O) groups excluding carboxylic acids is 1. The van der Waals surface area contributed by atoms with Crippen molar-refractivity contribution in [2.45, 2.75) is 30.6 Å². The summed E-state index contributed by atoms with van der Waals surface area (Å²) in [7, 11) is 0.342. The van der Waals surface area contributed by atoms with Gasteiger partial charge in [0.1, 0.15) is 6.61 Å².